The summed E-state index contributed by atoms with van der Waals surface area (Å²) >= 11 is 0. The zero-order valence-corrected chi connectivity index (χ0v) is 5.83. The maximum atomic E-state index is 3.98. The number of aromatic nitrogens is 2. The van der Waals surface area contributed by atoms with E-state index in [1.54, 1.807) is 0 Å². The van der Waals surface area contributed by atoms with Crippen LogP contribution in [-0.2, 0) is 6.54 Å². The van der Waals surface area contributed by atoms with Crippen molar-refractivity contribution in [3.8, 4) is 0 Å². The van der Waals surface area contributed by atoms with E-state index in [0.717, 1.165) is 25.6 Å². The molecule has 0 saturated carbocycles. The molecule has 1 aromatic heterocycles. The SMILES string of the molecule is c1cn(CC2CNC2)cn1. The lowest BCUT2D eigenvalue weighted by atomic mass is 10.0. The van der Waals surface area contributed by atoms with Gasteiger partial charge in [-0.15, -0.1) is 0 Å². The molecule has 0 unspecified atom stereocenters. The van der Waals surface area contributed by atoms with Gasteiger partial charge in [0.15, 0.2) is 0 Å². The Morgan fingerprint density at radius 3 is 3.00 bits per heavy atom. The molecule has 0 amide bonds. The van der Waals surface area contributed by atoms with Crippen LogP contribution in [0.4, 0.5) is 0 Å². The molecule has 1 aromatic rings. The Morgan fingerprint density at radius 1 is 1.60 bits per heavy atom. The molecule has 1 saturated heterocycles. The summed E-state index contributed by atoms with van der Waals surface area (Å²) < 4.78 is 2.13. The second-order valence-corrected chi connectivity index (χ2v) is 2.78. The normalized spacial score (nSPS) is 18.8. The van der Waals surface area contributed by atoms with Gasteiger partial charge in [0, 0.05) is 37.9 Å². The lowest BCUT2D eigenvalue weighted by molar-refractivity contribution is 0.306. The summed E-state index contributed by atoms with van der Waals surface area (Å²) in [4.78, 5) is 3.98. The molecule has 1 aliphatic heterocycles. The van der Waals surface area contributed by atoms with Crippen LogP contribution in [0.15, 0.2) is 18.7 Å². The van der Waals surface area contributed by atoms with Crippen molar-refractivity contribution >= 4 is 0 Å². The molecule has 1 N–H and O–H groups in total. The maximum Gasteiger partial charge on any atom is 0.0946 e. The zero-order valence-electron chi connectivity index (χ0n) is 5.83. The molecular weight excluding hydrogens is 126 g/mol. The van der Waals surface area contributed by atoms with Gasteiger partial charge in [-0.1, -0.05) is 0 Å². The standard InChI is InChI=1S/C7H11N3/c1-2-10(6-8-1)5-7-3-9-4-7/h1-2,6-7,9H,3-5H2. The molecule has 0 atom stereocenters. The number of hydrogen-bond donors (Lipinski definition) is 1. The Labute approximate surface area is 60.1 Å². The highest BCUT2D eigenvalue weighted by atomic mass is 15.1. The summed E-state index contributed by atoms with van der Waals surface area (Å²) in [5.41, 5.74) is 0. The molecule has 1 aliphatic rings. The third-order valence-corrected chi connectivity index (χ3v) is 1.89. The highest BCUT2D eigenvalue weighted by molar-refractivity contribution is 4.80. The predicted molar refractivity (Wildman–Crippen MR) is 38.6 cm³/mol. The molecular formula is C7H11N3. The molecule has 0 aromatic carbocycles. The maximum absolute atomic E-state index is 3.98. The van der Waals surface area contributed by atoms with E-state index in [-0.39, 0.29) is 0 Å². The fourth-order valence-electron chi connectivity index (χ4n) is 1.17. The summed E-state index contributed by atoms with van der Waals surface area (Å²) in [5.74, 6) is 0.828. The molecule has 0 aliphatic carbocycles. The average molecular weight is 137 g/mol. The largest absolute Gasteiger partial charge is 0.337 e. The van der Waals surface area contributed by atoms with Crippen LogP contribution >= 0.6 is 0 Å². The Balaban J connectivity index is 1.90. The smallest absolute Gasteiger partial charge is 0.0946 e. The van der Waals surface area contributed by atoms with E-state index in [1.807, 2.05) is 18.7 Å². The number of nitrogens with zero attached hydrogens (tertiary/aromatic N) is 2. The first-order valence-corrected chi connectivity index (χ1v) is 3.61. The van der Waals surface area contributed by atoms with Gasteiger partial charge in [0.2, 0.25) is 0 Å². The molecule has 2 heterocycles. The van der Waals surface area contributed by atoms with Crippen molar-refractivity contribution in [1.29, 1.82) is 0 Å². The van der Waals surface area contributed by atoms with Gasteiger partial charge >= 0.3 is 0 Å². The van der Waals surface area contributed by atoms with E-state index in [0.29, 0.717) is 0 Å². The molecule has 3 nitrogen and oxygen atoms in total. The van der Waals surface area contributed by atoms with Crippen molar-refractivity contribution in [1.82, 2.24) is 14.9 Å². The van der Waals surface area contributed by atoms with Gasteiger partial charge in [0.05, 0.1) is 6.33 Å². The predicted octanol–water partition coefficient (Wildman–Crippen LogP) is 0.102. The number of nitrogens with one attached hydrogen (secondary N) is 1. The third kappa shape index (κ3) is 1.04. The van der Waals surface area contributed by atoms with Crippen LogP contribution in [0.25, 0.3) is 0 Å². The van der Waals surface area contributed by atoms with E-state index in [4.69, 9.17) is 0 Å². The fourth-order valence-corrected chi connectivity index (χ4v) is 1.17. The van der Waals surface area contributed by atoms with Gasteiger partial charge in [-0.2, -0.15) is 0 Å². The highest BCUT2D eigenvalue weighted by Gasteiger charge is 2.16. The highest BCUT2D eigenvalue weighted by Crippen LogP contribution is 2.05. The van der Waals surface area contributed by atoms with Crippen molar-refractivity contribution in [2.45, 2.75) is 6.54 Å². The van der Waals surface area contributed by atoms with Crippen molar-refractivity contribution in [3.05, 3.63) is 18.7 Å². The Morgan fingerprint density at radius 2 is 2.50 bits per heavy atom. The topological polar surface area (TPSA) is 29.9 Å². The van der Waals surface area contributed by atoms with Gasteiger partial charge in [0.1, 0.15) is 0 Å². The first-order chi connectivity index (χ1) is 4.95. The van der Waals surface area contributed by atoms with Crippen molar-refractivity contribution < 1.29 is 0 Å². The summed E-state index contributed by atoms with van der Waals surface area (Å²) in [6, 6.07) is 0. The van der Waals surface area contributed by atoms with E-state index in [9.17, 15) is 0 Å². The molecule has 54 valence electrons. The van der Waals surface area contributed by atoms with Crippen molar-refractivity contribution in [3.63, 3.8) is 0 Å². The summed E-state index contributed by atoms with van der Waals surface area (Å²) in [6.45, 7) is 3.45. The van der Waals surface area contributed by atoms with E-state index < -0.39 is 0 Å². The Kier molecular flexibility index (Phi) is 1.43. The minimum atomic E-state index is 0.828. The lowest BCUT2D eigenvalue weighted by Crippen LogP contribution is -2.44. The first-order valence-electron chi connectivity index (χ1n) is 3.61. The van der Waals surface area contributed by atoms with Crippen LogP contribution in [-0.4, -0.2) is 22.6 Å². The van der Waals surface area contributed by atoms with Gasteiger partial charge in [-0.05, 0) is 0 Å². The quantitative estimate of drug-likeness (QED) is 0.626. The van der Waals surface area contributed by atoms with E-state index >= 15 is 0 Å². The van der Waals surface area contributed by atoms with Gasteiger partial charge in [-0.25, -0.2) is 4.98 Å². The minimum Gasteiger partial charge on any atom is -0.337 e. The third-order valence-electron chi connectivity index (χ3n) is 1.89. The second-order valence-electron chi connectivity index (χ2n) is 2.78. The summed E-state index contributed by atoms with van der Waals surface area (Å²) in [6.07, 6.45) is 5.71. The number of imidazole rings is 1. The first kappa shape index (κ1) is 5.92. The number of hydrogen-bond acceptors (Lipinski definition) is 2. The molecule has 2 rings (SSSR count). The van der Waals surface area contributed by atoms with Crippen LogP contribution in [0.1, 0.15) is 0 Å². The fraction of sp³-hybridized carbons (Fsp3) is 0.571. The van der Waals surface area contributed by atoms with Crippen LogP contribution < -0.4 is 5.32 Å². The summed E-state index contributed by atoms with van der Waals surface area (Å²) in [7, 11) is 0. The molecule has 10 heavy (non-hydrogen) atoms. The van der Waals surface area contributed by atoms with Crippen molar-refractivity contribution in [2.75, 3.05) is 13.1 Å². The molecule has 0 radical (unpaired) electrons. The molecule has 0 bridgehead atoms. The van der Waals surface area contributed by atoms with Gasteiger partial charge < -0.3 is 9.88 Å². The van der Waals surface area contributed by atoms with Gasteiger partial charge in [-0.3, -0.25) is 0 Å². The minimum absolute atomic E-state index is 0.828. The lowest BCUT2D eigenvalue weighted by Gasteiger charge is -2.26. The van der Waals surface area contributed by atoms with Crippen LogP contribution in [0.2, 0.25) is 0 Å². The van der Waals surface area contributed by atoms with E-state index in [1.165, 1.54) is 0 Å². The zero-order chi connectivity index (χ0) is 6.81. The van der Waals surface area contributed by atoms with E-state index in [2.05, 4.69) is 14.9 Å². The van der Waals surface area contributed by atoms with Crippen LogP contribution in [0.3, 0.4) is 0 Å². The molecule has 3 heteroatoms. The van der Waals surface area contributed by atoms with Crippen LogP contribution in [0, 0.1) is 5.92 Å². The monoisotopic (exact) mass is 137 g/mol. The molecule has 1 fully saturated rings. The Bertz CT molecular complexity index is 189. The average Bonchev–Trinajstić information content (AvgIpc) is 2.29. The number of rotatable bonds is 2. The van der Waals surface area contributed by atoms with Crippen molar-refractivity contribution in [2.24, 2.45) is 5.92 Å². The Hall–Kier alpha value is -0.830. The molecule has 0 spiro atoms. The second kappa shape index (κ2) is 2.42. The van der Waals surface area contributed by atoms with Gasteiger partial charge in [0.25, 0.3) is 0 Å². The summed E-state index contributed by atoms with van der Waals surface area (Å²) in [5, 5.41) is 3.24. The van der Waals surface area contributed by atoms with Crippen LogP contribution in [0.5, 0.6) is 0 Å².